The number of aliphatic hydroxyl groups is 1. The van der Waals surface area contributed by atoms with Gasteiger partial charge in [0.1, 0.15) is 5.82 Å². The van der Waals surface area contributed by atoms with Gasteiger partial charge in [-0.25, -0.2) is 4.39 Å². The van der Waals surface area contributed by atoms with Crippen LogP contribution in [0.5, 0.6) is 0 Å². The molecule has 1 unspecified atom stereocenters. The summed E-state index contributed by atoms with van der Waals surface area (Å²) in [5.41, 5.74) is 0.197. The maximum Gasteiger partial charge on any atom is 0.130 e. The monoisotopic (exact) mass is 252 g/mol. The molecule has 66 valence electrons. The van der Waals surface area contributed by atoms with Crippen molar-refractivity contribution in [1.29, 1.82) is 0 Å². The molecule has 0 spiro atoms. The van der Waals surface area contributed by atoms with E-state index in [0.717, 1.165) is 0 Å². The van der Waals surface area contributed by atoms with Gasteiger partial charge in [-0.05, 0) is 35.0 Å². The Balaban J connectivity index is 3.33. The summed E-state index contributed by atoms with van der Waals surface area (Å²) in [6.45, 7) is 1.49. The molecule has 0 heterocycles. The van der Waals surface area contributed by atoms with Gasteiger partial charge in [0, 0.05) is 10.0 Å². The van der Waals surface area contributed by atoms with Crippen molar-refractivity contribution in [3.05, 3.63) is 33.0 Å². The first-order chi connectivity index (χ1) is 5.54. The van der Waals surface area contributed by atoms with E-state index < -0.39 is 11.9 Å². The lowest BCUT2D eigenvalue weighted by atomic mass is 10.1. The van der Waals surface area contributed by atoms with E-state index in [0.29, 0.717) is 9.50 Å². The first-order valence-corrected chi connectivity index (χ1v) is 4.52. The Labute approximate surface area is 83.3 Å². The average Bonchev–Trinajstić information content (AvgIpc) is 1.97. The van der Waals surface area contributed by atoms with Crippen LogP contribution in [0.1, 0.15) is 18.6 Å². The topological polar surface area (TPSA) is 20.2 Å². The second-order valence-electron chi connectivity index (χ2n) is 2.43. The largest absolute Gasteiger partial charge is 0.389 e. The highest BCUT2D eigenvalue weighted by Gasteiger charge is 2.14. The smallest absolute Gasteiger partial charge is 0.130 e. The van der Waals surface area contributed by atoms with Gasteiger partial charge in [-0.15, -0.1) is 0 Å². The van der Waals surface area contributed by atoms with Crippen molar-refractivity contribution < 1.29 is 9.50 Å². The Bertz CT molecular complexity index is 301. The van der Waals surface area contributed by atoms with Crippen molar-refractivity contribution in [2.24, 2.45) is 0 Å². The molecule has 0 aliphatic carbocycles. The van der Waals surface area contributed by atoms with Crippen molar-refractivity contribution in [3.63, 3.8) is 0 Å². The summed E-state index contributed by atoms with van der Waals surface area (Å²) in [4.78, 5) is 0. The van der Waals surface area contributed by atoms with Crippen molar-refractivity contribution in [3.8, 4) is 0 Å². The summed E-state index contributed by atoms with van der Waals surface area (Å²) < 4.78 is 13.4. The molecule has 0 radical (unpaired) electrons. The predicted molar refractivity (Wildman–Crippen MR) is 49.7 cm³/mol. The van der Waals surface area contributed by atoms with E-state index in [1.165, 1.54) is 19.1 Å². The molecule has 4 heteroatoms. The van der Waals surface area contributed by atoms with Gasteiger partial charge >= 0.3 is 0 Å². The molecule has 12 heavy (non-hydrogen) atoms. The zero-order chi connectivity index (χ0) is 9.30. The van der Waals surface area contributed by atoms with Crippen LogP contribution in [0.3, 0.4) is 0 Å². The number of halogens is 3. The van der Waals surface area contributed by atoms with E-state index in [9.17, 15) is 9.50 Å². The second kappa shape index (κ2) is 3.73. The fourth-order valence-electron chi connectivity index (χ4n) is 0.926. The molecule has 0 amide bonds. The minimum Gasteiger partial charge on any atom is -0.389 e. The van der Waals surface area contributed by atoms with Gasteiger partial charge in [-0.2, -0.15) is 0 Å². The summed E-state index contributed by atoms with van der Waals surface area (Å²) in [6.07, 6.45) is -0.863. The predicted octanol–water partition coefficient (Wildman–Crippen LogP) is 3.29. The Morgan fingerprint density at radius 1 is 1.58 bits per heavy atom. The molecule has 0 saturated carbocycles. The van der Waals surface area contributed by atoms with Crippen molar-refractivity contribution >= 4 is 27.5 Å². The Morgan fingerprint density at radius 2 is 2.17 bits per heavy atom. The SMILES string of the molecule is CC(O)c1c(F)ccc(Cl)c1Br. The number of rotatable bonds is 1. The first-order valence-electron chi connectivity index (χ1n) is 3.35. The highest BCUT2D eigenvalue weighted by Crippen LogP contribution is 2.32. The number of hydrogen-bond donors (Lipinski definition) is 1. The molecule has 0 aliphatic rings. The van der Waals surface area contributed by atoms with E-state index in [2.05, 4.69) is 15.9 Å². The molecule has 1 aromatic rings. The fourth-order valence-corrected chi connectivity index (χ4v) is 1.74. The van der Waals surface area contributed by atoms with Crippen LogP contribution in [0, 0.1) is 5.82 Å². The highest BCUT2D eigenvalue weighted by atomic mass is 79.9. The summed E-state index contributed by atoms with van der Waals surface area (Å²) in [5.74, 6) is -0.457. The fraction of sp³-hybridized carbons (Fsp3) is 0.250. The van der Waals surface area contributed by atoms with Gasteiger partial charge in [0.15, 0.2) is 0 Å². The molecule has 0 aliphatic heterocycles. The number of aliphatic hydroxyl groups excluding tert-OH is 1. The van der Waals surface area contributed by atoms with Crippen LogP contribution in [-0.4, -0.2) is 5.11 Å². The lowest BCUT2D eigenvalue weighted by Crippen LogP contribution is -1.97. The first kappa shape index (κ1) is 9.96. The molecule has 1 rings (SSSR count). The van der Waals surface area contributed by atoms with Gasteiger partial charge in [0.25, 0.3) is 0 Å². The average molecular weight is 253 g/mol. The number of benzene rings is 1. The van der Waals surface area contributed by atoms with E-state index >= 15 is 0 Å². The maximum atomic E-state index is 13.0. The molecular formula is C8H7BrClFO. The Kier molecular flexibility index (Phi) is 3.09. The van der Waals surface area contributed by atoms with Crippen LogP contribution in [0.2, 0.25) is 5.02 Å². The summed E-state index contributed by atoms with van der Waals surface area (Å²) >= 11 is 8.80. The van der Waals surface area contributed by atoms with E-state index in [4.69, 9.17) is 11.6 Å². The molecule has 1 N–H and O–H groups in total. The van der Waals surface area contributed by atoms with Crippen LogP contribution in [0.25, 0.3) is 0 Å². The summed E-state index contributed by atoms with van der Waals surface area (Å²) in [7, 11) is 0. The van der Waals surface area contributed by atoms with Crippen molar-refractivity contribution in [2.45, 2.75) is 13.0 Å². The third kappa shape index (κ3) is 1.79. The second-order valence-corrected chi connectivity index (χ2v) is 3.63. The lowest BCUT2D eigenvalue weighted by molar-refractivity contribution is 0.193. The molecular weight excluding hydrogens is 246 g/mol. The van der Waals surface area contributed by atoms with Gasteiger partial charge in [-0.1, -0.05) is 11.6 Å². The van der Waals surface area contributed by atoms with E-state index in [1.54, 1.807) is 0 Å². The van der Waals surface area contributed by atoms with Crippen molar-refractivity contribution in [1.82, 2.24) is 0 Å². The van der Waals surface area contributed by atoms with Crippen LogP contribution in [-0.2, 0) is 0 Å². The zero-order valence-electron chi connectivity index (χ0n) is 6.31. The molecule has 0 saturated heterocycles. The summed E-state index contributed by atoms with van der Waals surface area (Å²) in [5, 5.41) is 9.58. The number of hydrogen-bond acceptors (Lipinski definition) is 1. The molecule has 1 aromatic carbocycles. The van der Waals surface area contributed by atoms with Gasteiger partial charge < -0.3 is 5.11 Å². The van der Waals surface area contributed by atoms with E-state index in [1.807, 2.05) is 0 Å². The molecule has 0 aromatic heterocycles. The standard InChI is InChI=1S/C8H7BrClFO/c1-4(12)7-6(11)3-2-5(10)8(7)9/h2-4,12H,1H3. The summed E-state index contributed by atoms with van der Waals surface area (Å²) in [6, 6.07) is 2.67. The van der Waals surface area contributed by atoms with Gasteiger partial charge in [0.05, 0.1) is 11.1 Å². The van der Waals surface area contributed by atoms with Gasteiger partial charge in [0.2, 0.25) is 0 Å². The maximum absolute atomic E-state index is 13.0. The lowest BCUT2D eigenvalue weighted by Gasteiger charge is -2.09. The third-order valence-corrected chi connectivity index (χ3v) is 2.89. The van der Waals surface area contributed by atoms with Crippen LogP contribution < -0.4 is 0 Å². The molecule has 1 nitrogen and oxygen atoms in total. The Hall–Kier alpha value is -0.120. The van der Waals surface area contributed by atoms with E-state index in [-0.39, 0.29) is 5.56 Å². The Morgan fingerprint density at radius 3 is 2.58 bits per heavy atom. The molecule has 0 bridgehead atoms. The normalized spacial score (nSPS) is 13.1. The minimum atomic E-state index is -0.863. The van der Waals surface area contributed by atoms with Gasteiger partial charge in [-0.3, -0.25) is 0 Å². The molecule has 1 atom stereocenters. The zero-order valence-corrected chi connectivity index (χ0v) is 8.66. The van der Waals surface area contributed by atoms with Crippen LogP contribution in [0.15, 0.2) is 16.6 Å². The van der Waals surface area contributed by atoms with Crippen LogP contribution >= 0.6 is 27.5 Å². The van der Waals surface area contributed by atoms with Crippen LogP contribution in [0.4, 0.5) is 4.39 Å². The molecule has 0 fully saturated rings. The van der Waals surface area contributed by atoms with Crippen molar-refractivity contribution in [2.75, 3.05) is 0 Å². The quantitative estimate of drug-likeness (QED) is 0.762. The minimum absolute atomic E-state index is 0.197. The third-order valence-electron chi connectivity index (χ3n) is 1.50. The highest BCUT2D eigenvalue weighted by molar-refractivity contribution is 9.10.